The second kappa shape index (κ2) is 12.5. The Hall–Kier alpha value is -2.82. The SMILES string of the molecule is CCCCCOC(=O)O[C@]1(C(=O)COC(=O)OCC(C)C)[C@H](C)C[C@H]2[C@@H]3C[C@H](F)C4=CC(=O)C=C[C@]4(C)[C@@]3(F)[C@@H](O)C[C@@]21C. The van der Waals surface area contributed by atoms with Crippen LogP contribution in [0.2, 0.25) is 0 Å². The van der Waals surface area contributed by atoms with Crippen molar-refractivity contribution in [2.45, 2.75) is 104 Å². The van der Waals surface area contributed by atoms with Crippen molar-refractivity contribution in [3.8, 4) is 0 Å². The fourth-order valence-electron chi connectivity index (χ4n) is 8.57. The summed E-state index contributed by atoms with van der Waals surface area (Å²) in [5.41, 5.74) is -7.37. The Morgan fingerprint density at radius 1 is 1.07 bits per heavy atom. The van der Waals surface area contributed by atoms with E-state index in [-0.39, 0.29) is 44.0 Å². The first-order valence-corrected chi connectivity index (χ1v) is 15.7. The van der Waals surface area contributed by atoms with Crippen molar-refractivity contribution in [1.29, 1.82) is 0 Å². The molecule has 0 unspecified atom stereocenters. The topological polar surface area (TPSA) is 125 Å². The van der Waals surface area contributed by atoms with Crippen molar-refractivity contribution in [2.75, 3.05) is 19.8 Å². The van der Waals surface area contributed by atoms with E-state index in [1.54, 1.807) is 13.8 Å². The van der Waals surface area contributed by atoms with Gasteiger partial charge in [0.1, 0.15) is 6.17 Å². The van der Waals surface area contributed by atoms with Gasteiger partial charge in [-0.3, -0.25) is 9.59 Å². The smallest absolute Gasteiger partial charge is 0.434 e. The number of aliphatic hydroxyl groups excluding tert-OH is 1. The number of carbonyl (C=O) groups excluding carboxylic acids is 4. The molecule has 9 atom stereocenters. The molecule has 4 aliphatic carbocycles. The van der Waals surface area contributed by atoms with Crippen LogP contribution in [0.3, 0.4) is 0 Å². The van der Waals surface area contributed by atoms with Crippen LogP contribution in [0.25, 0.3) is 0 Å². The molecule has 9 nitrogen and oxygen atoms in total. The Balaban J connectivity index is 1.72. The number of ketones is 2. The van der Waals surface area contributed by atoms with Gasteiger partial charge in [-0.2, -0.15) is 0 Å². The second-order valence-electron chi connectivity index (χ2n) is 13.8. The highest BCUT2D eigenvalue weighted by atomic mass is 19.1. The zero-order chi connectivity index (χ0) is 32.7. The van der Waals surface area contributed by atoms with Crippen molar-refractivity contribution in [2.24, 2.45) is 34.5 Å². The van der Waals surface area contributed by atoms with Crippen LogP contribution in [-0.2, 0) is 28.5 Å². The van der Waals surface area contributed by atoms with Crippen molar-refractivity contribution < 1.29 is 52.0 Å². The van der Waals surface area contributed by atoms with Gasteiger partial charge in [0.2, 0.25) is 5.78 Å². The number of hydrogen-bond acceptors (Lipinski definition) is 9. The van der Waals surface area contributed by atoms with Crippen LogP contribution in [0, 0.1) is 34.5 Å². The Kier molecular flexibility index (Phi) is 9.69. The van der Waals surface area contributed by atoms with Gasteiger partial charge >= 0.3 is 12.3 Å². The molecule has 0 amide bonds. The summed E-state index contributed by atoms with van der Waals surface area (Å²) in [6.45, 7) is 9.81. The van der Waals surface area contributed by atoms with Crippen LogP contribution in [0.15, 0.2) is 23.8 Å². The molecule has 1 N–H and O–H groups in total. The van der Waals surface area contributed by atoms with E-state index in [0.29, 0.717) is 6.42 Å². The third kappa shape index (κ3) is 5.36. The van der Waals surface area contributed by atoms with Gasteiger partial charge in [-0.05, 0) is 62.2 Å². The van der Waals surface area contributed by atoms with Crippen molar-refractivity contribution >= 4 is 23.9 Å². The third-order valence-electron chi connectivity index (χ3n) is 10.7. The highest BCUT2D eigenvalue weighted by Crippen LogP contribution is 2.71. The van der Waals surface area contributed by atoms with E-state index in [1.807, 2.05) is 20.8 Å². The summed E-state index contributed by atoms with van der Waals surface area (Å²) >= 11 is 0. The lowest BCUT2D eigenvalue weighted by Gasteiger charge is -2.63. The molecule has 3 fully saturated rings. The molecule has 3 saturated carbocycles. The highest BCUT2D eigenvalue weighted by Gasteiger charge is 2.78. The Morgan fingerprint density at radius 3 is 2.43 bits per heavy atom. The van der Waals surface area contributed by atoms with Crippen LogP contribution in [0.1, 0.15) is 80.1 Å². The van der Waals surface area contributed by atoms with E-state index in [9.17, 15) is 24.3 Å². The molecule has 4 rings (SSSR count). The summed E-state index contributed by atoms with van der Waals surface area (Å²) in [5, 5.41) is 11.7. The van der Waals surface area contributed by atoms with Crippen molar-refractivity contribution in [3.63, 3.8) is 0 Å². The number of halogens is 2. The number of aliphatic hydroxyl groups is 1. The number of rotatable bonds is 10. The molecule has 0 radical (unpaired) electrons. The van der Waals surface area contributed by atoms with Crippen LogP contribution in [0.5, 0.6) is 0 Å². The fourth-order valence-corrected chi connectivity index (χ4v) is 8.57. The Labute approximate surface area is 257 Å². The molecule has 246 valence electrons. The monoisotopic (exact) mass is 624 g/mol. The number of alkyl halides is 2. The molecular formula is C33H46F2O9. The Bertz CT molecular complexity index is 1220. The molecule has 0 aromatic rings. The van der Waals surface area contributed by atoms with Gasteiger partial charge in [0.05, 0.1) is 19.3 Å². The predicted octanol–water partition coefficient (Wildman–Crippen LogP) is 6.01. The number of Topliss-reactive ketones (excluding diaryl/α,β-unsaturated/α-hetero) is 1. The summed E-state index contributed by atoms with van der Waals surface area (Å²) in [4.78, 5) is 51.7. The number of unbranched alkanes of at least 4 members (excludes halogenated alkanes) is 2. The van der Waals surface area contributed by atoms with Crippen molar-refractivity contribution in [3.05, 3.63) is 23.8 Å². The molecule has 0 bridgehead atoms. The number of allylic oxidation sites excluding steroid dienone is 4. The maximum atomic E-state index is 17.6. The average Bonchev–Trinajstić information content (AvgIpc) is 3.17. The number of hydrogen-bond donors (Lipinski definition) is 1. The van der Waals surface area contributed by atoms with Gasteiger partial charge in [0.15, 0.2) is 23.7 Å². The standard InChI is InChI=1S/C33H46F2O9/c1-7-8-9-12-41-29(40)44-33(27(38)18-43-28(39)42-17-19(2)3)20(4)13-22-23-15-25(34)24-14-21(36)10-11-30(24,5)32(23,35)26(37)16-31(22,33)6/h10-11,14,19-20,22-23,25-26,37H,7-9,12-13,15-18H2,1-6H3/t20-,22+,23+,25+,26+,30+,31+,32+,33+/m1/s1. The van der Waals surface area contributed by atoms with Gasteiger partial charge in [0, 0.05) is 22.7 Å². The van der Waals surface area contributed by atoms with Crippen LogP contribution in [-0.4, -0.2) is 72.3 Å². The lowest BCUT2D eigenvalue weighted by Crippen LogP contribution is -2.71. The van der Waals surface area contributed by atoms with E-state index >= 15 is 8.78 Å². The number of fused-ring (bicyclic) bond motifs is 5. The first kappa shape index (κ1) is 34.1. The van der Waals surface area contributed by atoms with Crippen molar-refractivity contribution in [1.82, 2.24) is 0 Å². The molecule has 4 aliphatic rings. The first-order chi connectivity index (χ1) is 20.6. The normalized spacial score (nSPS) is 39.1. The van der Waals surface area contributed by atoms with Gasteiger partial charge in [-0.1, -0.05) is 53.5 Å². The quantitative estimate of drug-likeness (QED) is 0.230. The minimum Gasteiger partial charge on any atom is -0.434 e. The van der Waals surface area contributed by atoms with E-state index < -0.39 is 82.6 Å². The lowest BCUT2D eigenvalue weighted by atomic mass is 9.44. The van der Waals surface area contributed by atoms with Crippen LogP contribution < -0.4 is 0 Å². The lowest BCUT2D eigenvalue weighted by molar-refractivity contribution is -0.226. The molecule has 0 spiro atoms. The largest absolute Gasteiger partial charge is 0.509 e. The summed E-state index contributed by atoms with van der Waals surface area (Å²) < 4.78 is 54.9. The van der Waals surface area contributed by atoms with E-state index in [0.717, 1.165) is 18.9 Å². The Morgan fingerprint density at radius 2 is 1.77 bits per heavy atom. The molecule has 0 aromatic heterocycles. The minimum atomic E-state index is -2.38. The maximum Gasteiger partial charge on any atom is 0.509 e. The van der Waals surface area contributed by atoms with Crippen LogP contribution >= 0.6 is 0 Å². The molecule has 0 heterocycles. The van der Waals surface area contributed by atoms with Crippen LogP contribution in [0.4, 0.5) is 18.4 Å². The minimum absolute atomic E-state index is 0.0139. The molecular weight excluding hydrogens is 578 g/mol. The summed E-state index contributed by atoms with van der Waals surface area (Å²) in [5.74, 6) is -3.73. The number of carbonyl (C=O) groups is 4. The molecule has 0 saturated heterocycles. The maximum absolute atomic E-state index is 17.6. The van der Waals surface area contributed by atoms with Gasteiger partial charge in [-0.25, -0.2) is 18.4 Å². The van der Waals surface area contributed by atoms with E-state index in [1.165, 1.54) is 19.1 Å². The fraction of sp³-hybridized carbons (Fsp3) is 0.758. The average molecular weight is 625 g/mol. The molecule has 0 aromatic carbocycles. The van der Waals surface area contributed by atoms with Gasteiger partial charge in [0.25, 0.3) is 0 Å². The summed E-state index contributed by atoms with van der Waals surface area (Å²) in [6, 6.07) is 0. The number of ether oxygens (including phenoxy) is 4. The predicted molar refractivity (Wildman–Crippen MR) is 155 cm³/mol. The molecule has 44 heavy (non-hydrogen) atoms. The zero-order valence-electron chi connectivity index (χ0n) is 26.5. The van der Waals surface area contributed by atoms with E-state index in [2.05, 4.69) is 0 Å². The first-order valence-electron chi connectivity index (χ1n) is 15.7. The highest BCUT2D eigenvalue weighted by molar-refractivity contribution is 6.01. The summed E-state index contributed by atoms with van der Waals surface area (Å²) in [7, 11) is 0. The molecule has 0 aliphatic heterocycles. The summed E-state index contributed by atoms with van der Waals surface area (Å²) in [6.07, 6.45) is -0.100. The van der Waals surface area contributed by atoms with Gasteiger partial charge in [-0.15, -0.1) is 0 Å². The molecule has 11 heteroatoms. The second-order valence-corrected chi connectivity index (χ2v) is 13.8. The third-order valence-corrected chi connectivity index (χ3v) is 10.7. The zero-order valence-corrected chi connectivity index (χ0v) is 26.5. The van der Waals surface area contributed by atoms with E-state index in [4.69, 9.17) is 18.9 Å². The van der Waals surface area contributed by atoms with Gasteiger partial charge < -0.3 is 24.1 Å².